The van der Waals surface area contributed by atoms with Crippen molar-refractivity contribution < 1.29 is 14.7 Å². The molecule has 0 saturated heterocycles. The highest BCUT2D eigenvalue weighted by Crippen LogP contribution is 2.28. The molecule has 0 unspecified atom stereocenters. The van der Waals surface area contributed by atoms with Gasteiger partial charge in [0.2, 0.25) is 0 Å². The maximum Gasteiger partial charge on any atom is 0.303 e. The molecular weight excluding hydrogens is 448 g/mol. The molecule has 0 fully saturated rings. The van der Waals surface area contributed by atoms with Crippen molar-refractivity contribution in [3.8, 4) is 11.1 Å². The molecule has 34 heavy (non-hydrogen) atoms. The van der Waals surface area contributed by atoms with Gasteiger partial charge in [-0.2, -0.15) is 0 Å². The number of nitrogens with zero attached hydrogens (tertiary/aromatic N) is 1. The van der Waals surface area contributed by atoms with Gasteiger partial charge >= 0.3 is 5.97 Å². The molecular formula is C28H25ClN2O3. The molecule has 172 valence electrons. The van der Waals surface area contributed by atoms with Crippen LogP contribution in [-0.2, 0) is 17.8 Å². The van der Waals surface area contributed by atoms with E-state index < -0.39 is 5.97 Å². The average Bonchev–Trinajstić information content (AvgIpc) is 2.85. The molecule has 0 bridgehead atoms. The number of nitrogens with one attached hydrogen (secondary N) is 1. The molecule has 0 radical (unpaired) electrons. The van der Waals surface area contributed by atoms with Crippen molar-refractivity contribution in [3.05, 3.63) is 101 Å². The van der Waals surface area contributed by atoms with Crippen LogP contribution in [0, 0.1) is 0 Å². The summed E-state index contributed by atoms with van der Waals surface area (Å²) in [5.41, 5.74) is 5.20. The number of fused-ring (bicyclic) bond motifs is 1. The number of halogens is 1. The summed E-state index contributed by atoms with van der Waals surface area (Å²) in [4.78, 5) is 28.5. The van der Waals surface area contributed by atoms with Crippen LogP contribution < -0.4 is 5.32 Å². The van der Waals surface area contributed by atoms with E-state index in [0.29, 0.717) is 30.0 Å². The van der Waals surface area contributed by atoms with E-state index in [4.69, 9.17) is 21.7 Å². The summed E-state index contributed by atoms with van der Waals surface area (Å²) in [5, 5.41) is 13.4. The van der Waals surface area contributed by atoms with E-state index in [2.05, 4.69) is 11.4 Å². The van der Waals surface area contributed by atoms with Crippen molar-refractivity contribution in [2.24, 2.45) is 0 Å². The van der Waals surface area contributed by atoms with Gasteiger partial charge in [0.25, 0.3) is 5.91 Å². The Labute approximate surface area is 203 Å². The van der Waals surface area contributed by atoms with Crippen molar-refractivity contribution in [2.75, 3.05) is 0 Å². The number of carboxylic acid groups (broad SMARTS) is 1. The average molecular weight is 473 g/mol. The number of carbonyl (C=O) groups is 2. The van der Waals surface area contributed by atoms with Crippen LogP contribution in [0.1, 0.15) is 40.9 Å². The summed E-state index contributed by atoms with van der Waals surface area (Å²) in [5.74, 6) is -0.970. The third-order valence-corrected chi connectivity index (χ3v) is 5.87. The fraction of sp³-hybridized carbons (Fsp3) is 0.179. The van der Waals surface area contributed by atoms with Crippen molar-refractivity contribution in [2.45, 2.75) is 32.2 Å². The Hall–Kier alpha value is -3.70. The molecule has 3 aromatic carbocycles. The number of aryl methyl sites for hydroxylation is 1. The van der Waals surface area contributed by atoms with Gasteiger partial charge in [0, 0.05) is 40.2 Å². The van der Waals surface area contributed by atoms with E-state index in [1.165, 1.54) is 0 Å². The number of unbranched alkanes of at least 4 members (excludes halogenated alkanes) is 1. The Balaban J connectivity index is 1.59. The van der Waals surface area contributed by atoms with Crippen molar-refractivity contribution >= 4 is 34.4 Å². The summed E-state index contributed by atoms with van der Waals surface area (Å²) in [6.07, 6.45) is 2.13. The standard InChI is InChI=1S/C28H25ClN2O3/c29-23-10-6-7-19(15-23)18-30-28(34)22-14-13-21-16-24(20-8-2-1-3-9-20)25(31-26(21)17-22)11-4-5-12-27(32)33/h1-3,6-10,13-17H,4-5,11-12,18H2,(H,30,34)(H,32,33). The van der Waals surface area contributed by atoms with Crippen LogP contribution in [0.3, 0.4) is 0 Å². The lowest BCUT2D eigenvalue weighted by molar-refractivity contribution is -0.137. The number of carbonyl (C=O) groups excluding carboxylic acids is 1. The minimum atomic E-state index is -0.789. The van der Waals surface area contributed by atoms with Crippen molar-refractivity contribution in [3.63, 3.8) is 0 Å². The quantitative estimate of drug-likeness (QED) is 0.281. The van der Waals surface area contributed by atoms with Crippen LogP contribution in [0.4, 0.5) is 0 Å². The second-order valence-electron chi connectivity index (χ2n) is 8.17. The first-order chi connectivity index (χ1) is 16.5. The van der Waals surface area contributed by atoms with Gasteiger partial charge < -0.3 is 10.4 Å². The van der Waals surface area contributed by atoms with Crippen LogP contribution in [0.2, 0.25) is 5.02 Å². The van der Waals surface area contributed by atoms with Gasteiger partial charge in [0.05, 0.1) is 5.52 Å². The first kappa shape index (κ1) is 23.5. The van der Waals surface area contributed by atoms with Gasteiger partial charge in [-0.15, -0.1) is 0 Å². The summed E-state index contributed by atoms with van der Waals surface area (Å²) < 4.78 is 0. The first-order valence-electron chi connectivity index (χ1n) is 11.2. The molecule has 0 saturated carbocycles. The molecule has 0 aliphatic heterocycles. The monoisotopic (exact) mass is 472 g/mol. The maximum absolute atomic E-state index is 12.8. The Morgan fingerprint density at radius 1 is 0.912 bits per heavy atom. The molecule has 2 N–H and O–H groups in total. The molecule has 4 aromatic rings. The lowest BCUT2D eigenvalue weighted by Gasteiger charge is -2.12. The third-order valence-electron chi connectivity index (χ3n) is 5.64. The smallest absolute Gasteiger partial charge is 0.303 e. The van der Waals surface area contributed by atoms with Crippen molar-refractivity contribution in [1.29, 1.82) is 0 Å². The number of aromatic nitrogens is 1. The Kier molecular flexibility index (Phi) is 7.55. The van der Waals surface area contributed by atoms with Gasteiger partial charge in [-0.1, -0.05) is 60.1 Å². The molecule has 0 aliphatic carbocycles. The Morgan fingerprint density at radius 2 is 1.74 bits per heavy atom. The fourth-order valence-electron chi connectivity index (χ4n) is 3.91. The zero-order valence-corrected chi connectivity index (χ0v) is 19.4. The highest BCUT2D eigenvalue weighted by Gasteiger charge is 2.12. The van der Waals surface area contributed by atoms with Crippen LogP contribution >= 0.6 is 11.6 Å². The maximum atomic E-state index is 12.8. The number of rotatable bonds is 9. The topological polar surface area (TPSA) is 79.3 Å². The summed E-state index contributed by atoms with van der Waals surface area (Å²) in [6, 6.07) is 25.0. The van der Waals surface area contributed by atoms with Gasteiger partial charge in [-0.25, -0.2) is 0 Å². The van der Waals surface area contributed by atoms with E-state index in [0.717, 1.165) is 39.7 Å². The van der Waals surface area contributed by atoms with Crippen molar-refractivity contribution in [1.82, 2.24) is 10.3 Å². The van der Waals surface area contributed by atoms with E-state index >= 15 is 0 Å². The fourth-order valence-corrected chi connectivity index (χ4v) is 4.12. The summed E-state index contributed by atoms with van der Waals surface area (Å²) in [6.45, 7) is 0.382. The van der Waals surface area contributed by atoms with Gasteiger partial charge in [0.1, 0.15) is 0 Å². The number of aliphatic carboxylic acids is 1. The zero-order chi connectivity index (χ0) is 23.9. The number of amides is 1. The summed E-state index contributed by atoms with van der Waals surface area (Å²) >= 11 is 6.03. The van der Waals surface area contributed by atoms with Gasteiger partial charge in [-0.3, -0.25) is 14.6 Å². The molecule has 1 aromatic heterocycles. The third kappa shape index (κ3) is 6.00. The number of hydrogen-bond donors (Lipinski definition) is 2. The normalized spacial score (nSPS) is 10.9. The SMILES string of the molecule is O=C(O)CCCCc1nc2cc(C(=O)NCc3cccc(Cl)c3)ccc2cc1-c1ccccc1. The molecule has 6 heteroatoms. The van der Waals surface area contributed by atoms with E-state index in [9.17, 15) is 9.59 Å². The molecule has 0 atom stereocenters. The minimum Gasteiger partial charge on any atom is -0.481 e. The second kappa shape index (κ2) is 10.9. The molecule has 5 nitrogen and oxygen atoms in total. The van der Waals surface area contributed by atoms with Crippen LogP contribution in [-0.4, -0.2) is 22.0 Å². The molecule has 1 amide bonds. The summed E-state index contributed by atoms with van der Waals surface area (Å²) in [7, 11) is 0. The second-order valence-corrected chi connectivity index (χ2v) is 8.61. The molecule has 0 aliphatic rings. The predicted octanol–water partition coefficient (Wildman–Crippen LogP) is 6.28. The zero-order valence-electron chi connectivity index (χ0n) is 18.6. The Morgan fingerprint density at radius 3 is 2.50 bits per heavy atom. The first-order valence-corrected chi connectivity index (χ1v) is 11.6. The van der Waals surface area contributed by atoms with Gasteiger partial charge in [-0.05, 0) is 60.7 Å². The highest BCUT2D eigenvalue weighted by atomic mass is 35.5. The molecule has 1 heterocycles. The highest BCUT2D eigenvalue weighted by molar-refractivity contribution is 6.30. The predicted molar refractivity (Wildman–Crippen MR) is 135 cm³/mol. The largest absolute Gasteiger partial charge is 0.481 e. The van der Waals surface area contributed by atoms with E-state index in [1.54, 1.807) is 18.2 Å². The molecule has 4 rings (SSSR count). The lowest BCUT2D eigenvalue weighted by atomic mass is 9.98. The Bertz CT molecular complexity index is 1320. The molecule has 0 spiro atoms. The number of pyridine rings is 1. The number of benzene rings is 3. The van der Waals surface area contributed by atoms with Crippen LogP contribution in [0.15, 0.2) is 78.9 Å². The minimum absolute atomic E-state index is 0.144. The van der Waals surface area contributed by atoms with E-state index in [1.807, 2.05) is 54.6 Å². The lowest BCUT2D eigenvalue weighted by Crippen LogP contribution is -2.22. The van der Waals surface area contributed by atoms with Crippen LogP contribution in [0.25, 0.3) is 22.0 Å². The number of hydrogen-bond acceptors (Lipinski definition) is 3. The number of carboxylic acids is 1. The van der Waals surface area contributed by atoms with Crippen LogP contribution in [0.5, 0.6) is 0 Å². The van der Waals surface area contributed by atoms with Gasteiger partial charge in [0.15, 0.2) is 0 Å². The van der Waals surface area contributed by atoms with E-state index in [-0.39, 0.29) is 12.3 Å².